The first kappa shape index (κ1) is 28.2. The second-order valence-corrected chi connectivity index (χ2v) is 14.4. The monoisotopic (exact) mass is 527 g/mol. The van der Waals surface area contributed by atoms with Gasteiger partial charge in [0.15, 0.2) is 0 Å². The molecule has 0 radical (unpaired) electrons. The van der Waals surface area contributed by atoms with Crippen LogP contribution in [0.5, 0.6) is 0 Å². The van der Waals surface area contributed by atoms with Crippen molar-refractivity contribution in [2.75, 3.05) is 14.2 Å². The van der Waals surface area contributed by atoms with E-state index in [4.69, 9.17) is 4.74 Å². The molecule has 5 aliphatic rings. The number of carbonyl (C=O) groups is 2. The van der Waals surface area contributed by atoms with Crippen LogP contribution >= 0.6 is 0 Å². The molecule has 0 aromatic carbocycles. The highest BCUT2D eigenvalue weighted by Crippen LogP contribution is 2.67. The smallest absolute Gasteiger partial charge is 0.308 e. The summed E-state index contributed by atoms with van der Waals surface area (Å²) in [7, 11) is 3.44. The number of aliphatic hydroxyl groups is 1. The minimum atomic E-state index is -0.131. The molecule has 0 heterocycles. The standard InChI is InChI=1S/C33H53NO4/c1-21(6-15-30(36)34(4)24-10-7-22(8-11-24)31(37)38-5)27-13-14-28-26-12-9-23-20-25(35)16-18-32(23,2)29(26)17-19-33(27,28)3/h9,21-22,24-29,35H,6-8,10-20H2,1-5H3/t21-,22-,24-,25+,26+,27-,28+,29+,32+,33-/m1/s1. The van der Waals surface area contributed by atoms with Crippen molar-refractivity contribution in [2.45, 2.75) is 123 Å². The second kappa shape index (κ2) is 10.9. The summed E-state index contributed by atoms with van der Waals surface area (Å²) < 4.78 is 4.92. The molecule has 0 spiro atoms. The van der Waals surface area contributed by atoms with Crippen molar-refractivity contribution in [3.05, 3.63) is 11.6 Å². The molecule has 5 rings (SSSR count). The van der Waals surface area contributed by atoms with E-state index < -0.39 is 0 Å². The highest BCUT2D eigenvalue weighted by Gasteiger charge is 2.59. The SMILES string of the molecule is COC(=O)[C@H]1CC[C@H](N(C)C(=O)CC[C@@H](C)[C@H]2CC[C@H]3[C@@H]4CC=C5C[C@@H](O)CC[C@]5(C)[C@H]4CC[C@]23C)CC1. The van der Waals surface area contributed by atoms with Gasteiger partial charge in [0, 0.05) is 19.5 Å². The van der Waals surface area contributed by atoms with Crippen LogP contribution < -0.4 is 0 Å². The van der Waals surface area contributed by atoms with Crippen LogP contribution in [0.25, 0.3) is 0 Å². The average molecular weight is 528 g/mol. The van der Waals surface area contributed by atoms with Gasteiger partial charge < -0.3 is 14.7 Å². The Hall–Kier alpha value is -1.36. The number of nitrogens with zero attached hydrogens (tertiary/aromatic N) is 1. The summed E-state index contributed by atoms with van der Waals surface area (Å²) in [5.41, 5.74) is 2.27. The van der Waals surface area contributed by atoms with E-state index in [9.17, 15) is 14.7 Å². The van der Waals surface area contributed by atoms with Gasteiger partial charge in [-0.1, -0.05) is 32.4 Å². The summed E-state index contributed by atoms with van der Waals surface area (Å²) in [6.45, 7) is 7.53. The number of methoxy groups -OCH3 is 1. The number of rotatable bonds is 6. The predicted octanol–water partition coefficient (Wildman–Crippen LogP) is 6.53. The van der Waals surface area contributed by atoms with Crippen molar-refractivity contribution in [3.8, 4) is 0 Å². The molecule has 1 amide bonds. The number of carbonyl (C=O) groups excluding carboxylic acids is 2. The van der Waals surface area contributed by atoms with Crippen LogP contribution in [0, 0.1) is 46.3 Å². The minimum Gasteiger partial charge on any atom is -0.469 e. The van der Waals surface area contributed by atoms with Crippen LogP contribution in [0.2, 0.25) is 0 Å². The zero-order chi connectivity index (χ0) is 27.2. The summed E-state index contributed by atoms with van der Waals surface area (Å²) in [4.78, 5) is 27.0. The second-order valence-electron chi connectivity index (χ2n) is 14.4. The van der Waals surface area contributed by atoms with Gasteiger partial charge in [0.25, 0.3) is 0 Å². The molecule has 0 saturated heterocycles. The molecule has 1 N–H and O–H groups in total. The highest BCUT2D eigenvalue weighted by atomic mass is 16.5. The van der Waals surface area contributed by atoms with Gasteiger partial charge in [0.05, 0.1) is 19.1 Å². The fourth-order valence-corrected chi connectivity index (χ4v) is 10.4. The lowest BCUT2D eigenvalue weighted by Gasteiger charge is -2.58. The summed E-state index contributed by atoms with van der Waals surface area (Å²) >= 11 is 0. The molecule has 5 heteroatoms. The first-order valence-corrected chi connectivity index (χ1v) is 15.8. The number of allylic oxidation sites excluding steroid dienone is 1. The van der Waals surface area contributed by atoms with Crippen molar-refractivity contribution in [1.29, 1.82) is 0 Å². The van der Waals surface area contributed by atoms with E-state index in [0.717, 1.165) is 69.1 Å². The Morgan fingerprint density at radius 2 is 1.79 bits per heavy atom. The molecule has 214 valence electrons. The minimum absolute atomic E-state index is 0.00413. The number of hydrogen-bond donors (Lipinski definition) is 1. The maximum Gasteiger partial charge on any atom is 0.308 e. The molecule has 38 heavy (non-hydrogen) atoms. The van der Waals surface area contributed by atoms with E-state index in [0.29, 0.717) is 29.1 Å². The molecule has 5 aliphatic carbocycles. The number of ether oxygens (including phenoxy) is 1. The van der Waals surface area contributed by atoms with Gasteiger partial charge >= 0.3 is 5.97 Å². The predicted molar refractivity (Wildman–Crippen MR) is 150 cm³/mol. The Balaban J connectivity index is 1.16. The lowest BCUT2D eigenvalue weighted by atomic mass is 9.47. The first-order chi connectivity index (χ1) is 18.1. The molecule has 0 unspecified atom stereocenters. The van der Waals surface area contributed by atoms with Crippen molar-refractivity contribution in [2.24, 2.45) is 46.3 Å². The van der Waals surface area contributed by atoms with Crippen molar-refractivity contribution in [3.63, 3.8) is 0 Å². The number of fused-ring (bicyclic) bond motifs is 5. The van der Waals surface area contributed by atoms with Crippen LogP contribution in [0.1, 0.15) is 111 Å². The van der Waals surface area contributed by atoms with Gasteiger partial charge in [-0.25, -0.2) is 0 Å². The zero-order valence-electron chi connectivity index (χ0n) is 24.7. The molecule has 0 aliphatic heterocycles. The lowest BCUT2D eigenvalue weighted by Crippen LogP contribution is -2.50. The van der Waals surface area contributed by atoms with E-state index in [1.54, 1.807) is 5.57 Å². The number of amides is 1. The fourth-order valence-electron chi connectivity index (χ4n) is 10.4. The van der Waals surface area contributed by atoms with E-state index in [2.05, 4.69) is 26.8 Å². The van der Waals surface area contributed by atoms with Crippen LogP contribution in [0.3, 0.4) is 0 Å². The molecule has 0 bridgehead atoms. The maximum atomic E-state index is 13.2. The largest absolute Gasteiger partial charge is 0.469 e. The molecular weight excluding hydrogens is 474 g/mol. The van der Waals surface area contributed by atoms with Gasteiger partial charge in [-0.2, -0.15) is 0 Å². The van der Waals surface area contributed by atoms with Crippen LogP contribution in [0.15, 0.2) is 11.6 Å². The quantitative estimate of drug-likeness (QED) is 0.315. The highest BCUT2D eigenvalue weighted by molar-refractivity contribution is 5.76. The molecular formula is C33H53NO4. The van der Waals surface area contributed by atoms with Crippen molar-refractivity contribution in [1.82, 2.24) is 4.90 Å². The van der Waals surface area contributed by atoms with Crippen LogP contribution in [-0.2, 0) is 14.3 Å². The Labute approximate surface area is 231 Å². The molecule has 5 nitrogen and oxygen atoms in total. The zero-order valence-corrected chi connectivity index (χ0v) is 24.7. The van der Waals surface area contributed by atoms with Crippen LogP contribution in [-0.4, -0.2) is 48.2 Å². The van der Waals surface area contributed by atoms with Gasteiger partial charge in [0.2, 0.25) is 5.91 Å². The van der Waals surface area contributed by atoms with E-state index in [1.807, 2.05) is 11.9 Å². The third-order valence-electron chi connectivity index (χ3n) is 12.8. The van der Waals surface area contributed by atoms with E-state index in [1.165, 1.54) is 39.2 Å². The molecule has 8 atom stereocenters. The first-order valence-electron chi connectivity index (χ1n) is 15.8. The summed E-state index contributed by atoms with van der Waals surface area (Å²) in [5.74, 6) is 3.86. The molecule has 0 aromatic heterocycles. The van der Waals surface area contributed by atoms with Gasteiger partial charge in [-0.15, -0.1) is 0 Å². The van der Waals surface area contributed by atoms with Crippen molar-refractivity contribution >= 4 is 11.9 Å². The fraction of sp³-hybridized carbons (Fsp3) is 0.879. The average Bonchev–Trinajstić information content (AvgIpc) is 3.28. The maximum absolute atomic E-state index is 13.2. The van der Waals surface area contributed by atoms with Gasteiger partial charge in [-0.3, -0.25) is 9.59 Å². The summed E-state index contributed by atoms with van der Waals surface area (Å²) in [6.07, 6.45) is 17.1. The summed E-state index contributed by atoms with van der Waals surface area (Å²) in [5, 5.41) is 10.3. The lowest BCUT2D eigenvalue weighted by molar-refractivity contribution is -0.147. The van der Waals surface area contributed by atoms with Gasteiger partial charge in [-0.05, 0) is 124 Å². The van der Waals surface area contributed by atoms with E-state index >= 15 is 0 Å². The van der Waals surface area contributed by atoms with Crippen LogP contribution in [0.4, 0.5) is 0 Å². The molecule has 4 fully saturated rings. The number of aliphatic hydroxyl groups excluding tert-OH is 1. The van der Waals surface area contributed by atoms with E-state index in [-0.39, 0.29) is 29.9 Å². The van der Waals surface area contributed by atoms with Gasteiger partial charge in [0.1, 0.15) is 0 Å². The van der Waals surface area contributed by atoms with Crippen molar-refractivity contribution < 1.29 is 19.4 Å². The Morgan fingerprint density at radius 3 is 2.50 bits per heavy atom. The number of esters is 1. The Kier molecular flexibility index (Phi) is 8.08. The normalized spacial score (nSPS) is 43.2. The Morgan fingerprint density at radius 1 is 1.05 bits per heavy atom. The third-order valence-corrected chi connectivity index (χ3v) is 12.8. The molecule has 0 aromatic rings. The number of hydrogen-bond acceptors (Lipinski definition) is 4. The topological polar surface area (TPSA) is 66.8 Å². The Bertz CT molecular complexity index is 922. The molecule has 4 saturated carbocycles. The third kappa shape index (κ3) is 4.88. The summed E-state index contributed by atoms with van der Waals surface area (Å²) in [6, 6.07) is 0.258.